The highest BCUT2D eigenvalue weighted by molar-refractivity contribution is 7.13. The van der Waals surface area contributed by atoms with Gasteiger partial charge in [0.1, 0.15) is 0 Å². The van der Waals surface area contributed by atoms with E-state index in [1.54, 1.807) is 0 Å². The molecule has 0 spiro atoms. The van der Waals surface area contributed by atoms with Crippen LogP contribution in [0.15, 0.2) is 0 Å². The fourth-order valence-electron chi connectivity index (χ4n) is 2.21. The van der Waals surface area contributed by atoms with Crippen molar-refractivity contribution >= 4 is 22.9 Å². The van der Waals surface area contributed by atoms with Crippen molar-refractivity contribution in [3.8, 4) is 0 Å². The van der Waals surface area contributed by atoms with Crippen LogP contribution in [-0.4, -0.2) is 0 Å². The van der Waals surface area contributed by atoms with Crippen molar-refractivity contribution in [3.63, 3.8) is 0 Å². The lowest BCUT2D eigenvalue weighted by molar-refractivity contribution is 0.695. The summed E-state index contributed by atoms with van der Waals surface area (Å²) in [6.45, 7) is 0. The number of thiophene rings is 1. The van der Waals surface area contributed by atoms with Crippen LogP contribution in [0, 0.1) is 0 Å². The molecule has 3 rings (SSSR count). The zero-order chi connectivity index (χ0) is 9.76. The third-order valence-corrected chi connectivity index (χ3v) is 5.39. The molecule has 0 amide bonds. The molecule has 76 valence electrons. The van der Waals surface area contributed by atoms with Gasteiger partial charge < -0.3 is 5.73 Å². The first-order valence-electron chi connectivity index (χ1n) is 5.30. The molecular weight excluding hydrogens is 214 g/mol. The monoisotopic (exact) mass is 227 g/mol. The average Bonchev–Trinajstić information content (AvgIpc) is 2.84. The van der Waals surface area contributed by atoms with Crippen molar-refractivity contribution < 1.29 is 0 Å². The summed E-state index contributed by atoms with van der Waals surface area (Å²) in [6.07, 6.45) is 7.23. The fraction of sp³-hybridized carbons (Fsp3) is 0.636. The molecule has 1 aromatic rings. The van der Waals surface area contributed by atoms with Crippen molar-refractivity contribution in [1.82, 2.24) is 0 Å². The molecule has 0 atom stereocenters. The van der Waals surface area contributed by atoms with Crippen molar-refractivity contribution in [2.24, 2.45) is 5.73 Å². The Morgan fingerprint density at radius 1 is 1.21 bits per heavy atom. The summed E-state index contributed by atoms with van der Waals surface area (Å²) in [4.78, 5) is 2.78. The van der Waals surface area contributed by atoms with Gasteiger partial charge in [0, 0.05) is 9.75 Å². The predicted molar refractivity (Wildman–Crippen MR) is 61.1 cm³/mol. The number of hydrogen-bond acceptors (Lipinski definition) is 2. The van der Waals surface area contributed by atoms with Gasteiger partial charge in [0.25, 0.3) is 0 Å². The van der Waals surface area contributed by atoms with Crippen LogP contribution < -0.4 is 5.73 Å². The summed E-state index contributed by atoms with van der Waals surface area (Å²) >= 11 is 8.27. The smallest absolute Gasteiger partial charge is 0.0598 e. The molecule has 0 unspecified atom stereocenters. The minimum Gasteiger partial charge on any atom is -0.321 e. The molecule has 0 aliphatic heterocycles. The zero-order valence-corrected chi connectivity index (χ0v) is 9.68. The van der Waals surface area contributed by atoms with Gasteiger partial charge in [0.2, 0.25) is 0 Å². The molecular formula is C11H14ClNS. The average molecular weight is 228 g/mol. The molecule has 0 radical (unpaired) electrons. The summed E-state index contributed by atoms with van der Waals surface area (Å²) in [5.41, 5.74) is 7.58. The van der Waals surface area contributed by atoms with Gasteiger partial charge in [-0.15, -0.1) is 11.3 Å². The Labute approximate surface area is 93.3 Å². The van der Waals surface area contributed by atoms with Gasteiger partial charge in [0.05, 0.1) is 10.6 Å². The molecule has 14 heavy (non-hydrogen) atoms. The first-order valence-corrected chi connectivity index (χ1v) is 6.49. The van der Waals surface area contributed by atoms with E-state index in [1.165, 1.54) is 41.0 Å². The van der Waals surface area contributed by atoms with Crippen molar-refractivity contribution in [1.29, 1.82) is 0 Å². The second-order valence-corrected chi connectivity index (χ2v) is 5.99. The molecule has 3 heteroatoms. The van der Waals surface area contributed by atoms with Gasteiger partial charge in [-0.05, 0) is 44.1 Å². The lowest BCUT2D eigenvalue weighted by Crippen LogP contribution is -2.17. The summed E-state index contributed by atoms with van der Waals surface area (Å²) in [7, 11) is 0. The highest BCUT2D eigenvalue weighted by atomic mass is 35.5. The fourth-order valence-corrected chi connectivity index (χ4v) is 4.22. The number of rotatable bonds is 1. The Morgan fingerprint density at radius 2 is 1.93 bits per heavy atom. The maximum absolute atomic E-state index is 6.40. The summed E-state index contributed by atoms with van der Waals surface area (Å²) in [5, 5.41) is 1.00. The molecule has 0 aromatic carbocycles. The van der Waals surface area contributed by atoms with Gasteiger partial charge in [-0.2, -0.15) is 0 Å². The van der Waals surface area contributed by atoms with Crippen LogP contribution >= 0.6 is 22.9 Å². The highest BCUT2D eigenvalue weighted by Crippen LogP contribution is 2.51. The Bertz CT molecular complexity index is 379. The molecule has 1 nitrogen and oxygen atoms in total. The summed E-state index contributed by atoms with van der Waals surface area (Å²) < 4.78 is 0. The van der Waals surface area contributed by atoms with Crippen LogP contribution in [0.1, 0.15) is 41.0 Å². The highest BCUT2D eigenvalue weighted by Gasteiger charge is 2.44. The molecule has 1 heterocycles. The largest absolute Gasteiger partial charge is 0.321 e. The van der Waals surface area contributed by atoms with Crippen LogP contribution in [0.2, 0.25) is 5.02 Å². The molecule has 0 bridgehead atoms. The van der Waals surface area contributed by atoms with Crippen LogP contribution in [0.3, 0.4) is 0 Å². The topological polar surface area (TPSA) is 26.0 Å². The van der Waals surface area contributed by atoms with E-state index in [4.69, 9.17) is 17.3 Å². The Morgan fingerprint density at radius 3 is 2.57 bits per heavy atom. The quantitative estimate of drug-likeness (QED) is 0.784. The zero-order valence-electron chi connectivity index (χ0n) is 8.11. The minimum atomic E-state index is -0.0426. The van der Waals surface area contributed by atoms with Gasteiger partial charge in [0.15, 0.2) is 0 Å². The van der Waals surface area contributed by atoms with E-state index >= 15 is 0 Å². The summed E-state index contributed by atoms with van der Waals surface area (Å²) in [6, 6.07) is 0. The molecule has 1 fully saturated rings. The Hall–Kier alpha value is -0.0500. The van der Waals surface area contributed by atoms with Gasteiger partial charge in [-0.1, -0.05) is 11.6 Å². The Kier molecular flexibility index (Phi) is 1.95. The first-order chi connectivity index (χ1) is 6.71. The molecule has 1 saturated carbocycles. The van der Waals surface area contributed by atoms with Crippen molar-refractivity contribution in [3.05, 3.63) is 20.3 Å². The molecule has 2 N–H and O–H groups in total. The van der Waals surface area contributed by atoms with Crippen LogP contribution in [-0.2, 0) is 18.4 Å². The van der Waals surface area contributed by atoms with Gasteiger partial charge in [-0.25, -0.2) is 0 Å². The molecule has 1 aromatic heterocycles. The molecule has 2 aliphatic rings. The maximum atomic E-state index is 6.40. The van der Waals surface area contributed by atoms with E-state index < -0.39 is 0 Å². The summed E-state index contributed by atoms with van der Waals surface area (Å²) in [5.74, 6) is 0. The van der Waals surface area contributed by atoms with Gasteiger partial charge >= 0.3 is 0 Å². The maximum Gasteiger partial charge on any atom is 0.0598 e. The normalized spacial score (nSPS) is 23.3. The van der Waals surface area contributed by atoms with Crippen LogP contribution in [0.5, 0.6) is 0 Å². The molecule has 0 saturated heterocycles. The number of aryl methyl sites for hydroxylation is 1. The lowest BCUT2D eigenvalue weighted by Gasteiger charge is -2.10. The first kappa shape index (κ1) is 9.20. The number of halogens is 1. The second kappa shape index (κ2) is 2.97. The van der Waals surface area contributed by atoms with Crippen molar-refractivity contribution in [2.75, 3.05) is 0 Å². The number of nitrogens with two attached hydrogens (primary N) is 1. The Balaban J connectivity index is 2.09. The van der Waals surface area contributed by atoms with E-state index in [1.807, 2.05) is 11.3 Å². The predicted octanol–water partition coefficient (Wildman–Crippen LogP) is 3.23. The standard InChI is InChI=1S/C11H14ClNS/c12-9-7-3-1-2-4-8(7)14-10(9)11(13)5-6-11/h1-6,13H2. The van der Waals surface area contributed by atoms with E-state index in [9.17, 15) is 0 Å². The van der Waals surface area contributed by atoms with E-state index in [0.29, 0.717) is 0 Å². The van der Waals surface area contributed by atoms with E-state index in [0.717, 1.165) is 17.9 Å². The van der Waals surface area contributed by atoms with E-state index in [-0.39, 0.29) is 5.54 Å². The number of hydrogen-bond donors (Lipinski definition) is 1. The third kappa shape index (κ3) is 1.24. The minimum absolute atomic E-state index is 0.0426. The second-order valence-electron chi connectivity index (χ2n) is 4.51. The SMILES string of the molecule is NC1(c2sc3c(c2Cl)CCCC3)CC1. The third-order valence-electron chi connectivity index (χ3n) is 3.35. The number of fused-ring (bicyclic) bond motifs is 1. The van der Waals surface area contributed by atoms with Crippen LogP contribution in [0.4, 0.5) is 0 Å². The van der Waals surface area contributed by atoms with Crippen molar-refractivity contribution in [2.45, 2.75) is 44.1 Å². The van der Waals surface area contributed by atoms with Gasteiger partial charge in [-0.3, -0.25) is 0 Å². The van der Waals surface area contributed by atoms with E-state index in [2.05, 4.69) is 0 Å². The molecule has 2 aliphatic carbocycles. The lowest BCUT2D eigenvalue weighted by atomic mass is 9.98. The van der Waals surface area contributed by atoms with Crippen LogP contribution in [0.25, 0.3) is 0 Å².